The second kappa shape index (κ2) is 14.5. The molecule has 3 aromatic rings. The van der Waals surface area contributed by atoms with E-state index in [0.717, 1.165) is 29.2 Å². The molecule has 1 spiro atoms. The number of oxime groups is 1. The van der Waals surface area contributed by atoms with Crippen LogP contribution in [0.3, 0.4) is 0 Å². The molecule has 1 saturated heterocycles. The normalized spacial score (nSPS) is 21.0. The van der Waals surface area contributed by atoms with Crippen molar-refractivity contribution in [1.29, 1.82) is 0 Å². The Bertz CT molecular complexity index is 1850. The number of hydrogen-bond donors (Lipinski definition) is 4. The van der Waals surface area contributed by atoms with Gasteiger partial charge in [-0.3, -0.25) is 19.2 Å². The number of urea groups is 1. The molecular weight excluding hydrogens is 648 g/mol. The molecule has 12 heteroatoms. The molecule has 3 aromatic carbocycles. The highest BCUT2D eigenvalue weighted by Gasteiger charge is 2.55. The predicted octanol–water partition coefficient (Wildman–Crippen LogP) is 4.67. The van der Waals surface area contributed by atoms with Gasteiger partial charge in [0.1, 0.15) is 12.1 Å². The Kier molecular flexibility index (Phi) is 10.1. The number of rotatable bonds is 11. The highest BCUT2D eigenvalue weighted by atomic mass is 16.7. The van der Waals surface area contributed by atoms with Crippen molar-refractivity contribution in [2.24, 2.45) is 10.6 Å². The fourth-order valence-electron chi connectivity index (χ4n) is 6.82. The maximum Gasteiger partial charge on any atom is 0.319 e. The van der Waals surface area contributed by atoms with E-state index in [2.05, 4.69) is 26.4 Å². The Balaban J connectivity index is 1.25. The molecule has 2 heterocycles. The first-order valence-corrected chi connectivity index (χ1v) is 17.7. The summed E-state index contributed by atoms with van der Waals surface area (Å²) in [6.07, 6.45) is 2.89. The number of amides is 5. The molecule has 6 rings (SSSR count). The zero-order chi connectivity index (χ0) is 36.3. The first kappa shape index (κ1) is 35.6. The molecule has 5 amide bonds. The van der Waals surface area contributed by atoms with Gasteiger partial charge in [-0.25, -0.2) is 4.79 Å². The number of likely N-dealkylation sites (tertiary alicyclic amines) is 1. The summed E-state index contributed by atoms with van der Waals surface area (Å²) in [5.74, 6) is -2.49. The summed E-state index contributed by atoms with van der Waals surface area (Å²) in [6, 6.07) is 19.0. The summed E-state index contributed by atoms with van der Waals surface area (Å²) in [5, 5.41) is 17.5. The van der Waals surface area contributed by atoms with Crippen LogP contribution in [0.4, 0.5) is 10.5 Å². The number of fused-ring (bicyclic) bond motifs is 1. The fourth-order valence-corrected chi connectivity index (χ4v) is 6.82. The molecule has 268 valence electrons. The average molecular weight is 695 g/mol. The molecule has 0 aromatic heterocycles. The summed E-state index contributed by atoms with van der Waals surface area (Å²) >= 11 is 0. The van der Waals surface area contributed by atoms with Crippen LogP contribution in [0, 0.1) is 5.41 Å². The molecule has 12 nitrogen and oxygen atoms in total. The van der Waals surface area contributed by atoms with Crippen LogP contribution < -0.4 is 21.3 Å². The zero-order valence-electron chi connectivity index (χ0n) is 29.5. The minimum Gasteiger partial charge on any atom is -0.387 e. The van der Waals surface area contributed by atoms with Crippen LogP contribution in [0.25, 0.3) is 10.8 Å². The third-order valence-electron chi connectivity index (χ3n) is 9.70. The first-order valence-electron chi connectivity index (χ1n) is 17.7. The molecule has 3 aliphatic rings. The van der Waals surface area contributed by atoms with E-state index in [9.17, 15) is 24.0 Å². The van der Waals surface area contributed by atoms with E-state index in [0.29, 0.717) is 24.2 Å². The minimum atomic E-state index is -1.06. The minimum absolute atomic E-state index is 0.0137. The van der Waals surface area contributed by atoms with E-state index in [-0.39, 0.29) is 25.4 Å². The van der Waals surface area contributed by atoms with Crippen LogP contribution in [0.1, 0.15) is 71.8 Å². The van der Waals surface area contributed by atoms with Crippen molar-refractivity contribution in [3.8, 4) is 0 Å². The van der Waals surface area contributed by atoms with Crippen LogP contribution in [0.15, 0.2) is 78.0 Å². The van der Waals surface area contributed by atoms with Gasteiger partial charge < -0.3 is 31.0 Å². The molecular formula is C39H46N6O6. The van der Waals surface area contributed by atoms with E-state index in [1.165, 1.54) is 4.90 Å². The monoisotopic (exact) mass is 694 g/mol. The van der Waals surface area contributed by atoms with Gasteiger partial charge in [-0.05, 0) is 41.7 Å². The van der Waals surface area contributed by atoms with E-state index >= 15 is 0 Å². The van der Waals surface area contributed by atoms with Crippen LogP contribution in [-0.4, -0.2) is 76.5 Å². The van der Waals surface area contributed by atoms with Crippen LogP contribution in [0.5, 0.6) is 0 Å². The Labute approximate surface area is 297 Å². The second-order valence-corrected chi connectivity index (χ2v) is 14.9. The number of hydrogen-bond acceptors (Lipinski definition) is 7. The number of carbonyl (C=O) groups excluding carboxylic acids is 5. The topological polar surface area (TPSA) is 158 Å². The number of carbonyl (C=O) groups is 5. The summed E-state index contributed by atoms with van der Waals surface area (Å²) in [4.78, 5) is 75.8. The van der Waals surface area contributed by atoms with Gasteiger partial charge in [0.2, 0.25) is 17.6 Å². The number of nitrogens with one attached hydrogen (secondary N) is 4. The van der Waals surface area contributed by atoms with Crippen molar-refractivity contribution >= 4 is 51.7 Å². The van der Waals surface area contributed by atoms with Crippen molar-refractivity contribution < 1.29 is 28.8 Å². The molecule has 0 radical (unpaired) electrons. The summed E-state index contributed by atoms with van der Waals surface area (Å²) in [7, 11) is 0. The van der Waals surface area contributed by atoms with Gasteiger partial charge in [0.25, 0.3) is 5.91 Å². The van der Waals surface area contributed by atoms with Gasteiger partial charge in [0.05, 0.1) is 24.0 Å². The van der Waals surface area contributed by atoms with Gasteiger partial charge in [-0.15, -0.1) is 0 Å². The van der Waals surface area contributed by atoms with Gasteiger partial charge in [0, 0.05) is 24.3 Å². The van der Waals surface area contributed by atoms with E-state index in [1.54, 1.807) is 6.07 Å². The summed E-state index contributed by atoms with van der Waals surface area (Å²) in [6.45, 7) is 7.41. The summed E-state index contributed by atoms with van der Waals surface area (Å²) in [5.41, 5.74) is 0.373. The maximum absolute atomic E-state index is 14.7. The lowest BCUT2D eigenvalue weighted by atomic mass is 9.85. The number of nitrogens with zero attached hydrogens (tertiary/aromatic N) is 2. The van der Waals surface area contributed by atoms with Crippen molar-refractivity contribution in [1.82, 2.24) is 20.9 Å². The van der Waals surface area contributed by atoms with Crippen LogP contribution >= 0.6 is 0 Å². The van der Waals surface area contributed by atoms with Crippen LogP contribution in [-0.2, 0) is 24.0 Å². The van der Waals surface area contributed by atoms with Crippen LogP contribution in [0.2, 0.25) is 0 Å². The number of anilines is 1. The first-order chi connectivity index (χ1) is 24.4. The standard InChI is InChI=1S/C39H46N6O6/c1-5-12-29(32(46)35(48)40-26-19-20-26)41-34(47)31-22-39(21-30(44-51-39)25-14-7-6-8-15-25)23-45(31)36(49)33(38(2,3)4)43-37(50)42-28-18-11-16-24-13-9-10-17-27(24)28/h6-11,13-18,26,29,31,33H,5,12,19-23H2,1-4H3,(H,40,48)(H,41,47)(H2,42,43,50)/t29-,31-,33+,39+/m0/s1. The largest absolute Gasteiger partial charge is 0.387 e. The molecule has 4 atom stereocenters. The van der Waals surface area contributed by atoms with Crippen molar-refractivity contribution in [3.63, 3.8) is 0 Å². The molecule has 1 saturated carbocycles. The molecule has 51 heavy (non-hydrogen) atoms. The van der Waals surface area contributed by atoms with Crippen molar-refractivity contribution in [2.45, 2.75) is 96.0 Å². The third kappa shape index (κ3) is 8.05. The van der Waals surface area contributed by atoms with E-state index < -0.39 is 58.7 Å². The Hall–Kier alpha value is -5.26. The smallest absolute Gasteiger partial charge is 0.319 e. The fraction of sp³-hybridized carbons (Fsp3) is 0.436. The lowest BCUT2D eigenvalue weighted by Gasteiger charge is -2.35. The van der Waals surface area contributed by atoms with Gasteiger partial charge in [-0.2, -0.15) is 0 Å². The predicted molar refractivity (Wildman–Crippen MR) is 194 cm³/mol. The lowest BCUT2D eigenvalue weighted by molar-refractivity contribution is -0.144. The van der Waals surface area contributed by atoms with Crippen molar-refractivity contribution in [2.75, 3.05) is 11.9 Å². The number of benzene rings is 3. The maximum atomic E-state index is 14.7. The van der Waals surface area contributed by atoms with E-state index in [4.69, 9.17) is 4.84 Å². The van der Waals surface area contributed by atoms with Gasteiger partial charge in [0.15, 0.2) is 5.60 Å². The Morgan fingerprint density at radius 2 is 1.65 bits per heavy atom. The van der Waals surface area contributed by atoms with E-state index in [1.807, 2.05) is 94.4 Å². The van der Waals surface area contributed by atoms with Gasteiger partial charge in [-0.1, -0.05) is 106 Å². The lowest BCUT2D eigenvalue weighted by Crippen LogP contribution is -2.59. The average Bonchev–Trinajstić information content (AvgIpc) is 3.71. The SMILES string of the molecule is CCC[C@H](NC(=O)[C@@H]1C[C@]2(CC(c3ccccc3)=NO2)CN1C(=O)[C@@H](NC(=O)Nc1cccc2ccccc12)C(C)(C)C)C(=O)C(=O)NC1CC1. The molecule has 0 bridgehead atoms. The Morgan fingerprint density at radius 3 is 2.35 bits per heavy atom. The molecule has 4 N–H and O–H groups in total. The number of Topliss-reactive ketones (excluding diaryl/α,β-unsaturated/α-hetero) is 1. The molecule has 0 unspecified atom stereocenters. The zero-order valence-corrected chi connectivity index (χ0v) is 29.5. The molecule has 2 fully saturated rings. The second-order valence-electron chi connectivity index (χ2n) is 14.9. The highest BCUT2D eigenvalue weighted by Crippen LogP contribution is 2.40. The third-order valence-corrected chi connectivity index (χ3v) is 9.70. The highest BCUT2D eigenvalue weighted by molar-refractivity contribution is 6.38. The van der Waals surface area contributed by atoms with Crippen molar-refractivity contribution in [3.05, 3.63) is 78.4 Å². The quantitative estimate of drug-likeness (QED) is 0.214. The molecule has 2 aliphatic heterocycles. The van der Waals surface area contributed by atoms with Gasteiger partial charge >= 0.3 is 6.03 Å². The number of ketones is 1. The Morgan fingerprint density at radius 1 is 0.941 bits per heavy atom. The molecule has 1 aliphatic carbocycles. The summed E-state index contributed by atoms with van der Waals surface area (Å²) < 4.78 is 0.